The smallest absolute Gasteiger partial charge is 0.243 e. The molecule has 4 nitrogen and oxygen atoms in total. The second-order valence-electron chi connectivity index (χ2n) is 4.40. The van der Waals surface area contributed by atoms with Gasteiger partial charge in [0.25, 0.3) is 0 Å². The first-order chi connectivity index (χ1) is 8.59. The standard InChI is InChI=1S/C13H17NO3S/c1-2-9-14(12-5-6-12)18(16,17)13-7-3-11(10-15)4-8-13/h2-4,7-8,12,15H,1,5-6,9-10H2. The number of hydrogen-bond acceptors (Lipinski definition) is 3. The van der Waals surface area contributed by atoms with Crippen LogP contribution >= 0.6 is 0 Å². The Balaban J connectivity index is 2.29. The molecular formula is C13H17NO3S. The molecule has 2 rings (SSSR count). The summed E-state index contributed by atoms with van der Waals surface area (Å²) in [6, 6.07) is 6.46. The molecule has 1 saturated carbocycles. The second-order valence-corrected chi connectivity index (χ2v) is 6.29. The lowest BCUT2D eigenvalue weighted by Crippen LogP contribution is -2.33. The van der Waals surface area contributed by atoms with Gasteiger partial charge in [-0.2, -0.15) is 4.31 Å². The molecule has 0 aliphatic heterocycles. The molecule has 0 aromatic heterocycles. The average molecular weight is 267 g/mol. The van der Waals surface area contributed by atoms with Crippen molar-refractivity contribution in [1.82, 2.24) is 4.31 Å². The fourth-order valence-electron chi connectivity index (χ4n) is 1.84. The summed E-state index contributed by atoms with van der Waals surface area (Å²) in [5.74, 6) is 0. The highest BCUT2D eigenvalue weighted by atomic mass is 32.2. The zero-order chi connectivity index (χ0) is 13.2. The minimum absolute atomic E-state index is 0.0840. The highest BCUT2D eigenvalue weighted by Gasteiger charge is 2.37. The third-order valence-electron chi connectivity index (χ3n) is 2.98. The fraction of sp³-hybridized carbons (Fsp3) is 0.385. The van der Waals surface area contributed by atoms with E-state index in [1.807, 2.05) is 0 Å². The zero-order valence-corrected chi connectivity index (χ0v) is 10.9. The summed E-state index contributed by atoms with van der Waals surface area (Å²) in [7, 11) is -3.44. The van der Waals surface area contributed by atoms with Crippen molar-refractivity contribution in [1.29, 1.82) is 0 Å². The van der Waals surface area contributed by atoms with Crippen molar-refractivity contribution in [3.05, 3.63) is 42.5 Å². The number of rotatable bonds is 6. The third-order valence-corrected chi connectivity index (χ3v) is 4.91. The Kier molecular flexibility index (Phi) is 3.85. The Morgan fingerprint density at radius 2 is 1.94 bits per heavy atom. The zero-order valence-electron chi connectivity index (χ0n) is 10.1. The van der Waals surface area contributed by atoms with Gasteiger partial charge in [0.05, 0.1) is 11.5 Å². The van der Waals surface area contributed by atoms with Gasteiger partial charge in [-0.15, -0.1) is 6.58 Å². The fourth-order valence-corrected chi connectivity index (χ4v) is 3.49. The molecule has 0 saturated heterocycles. The number of hydrogen-bond donors (Lipinski definition) is 1. The van der Waals surface area contributed by atoms with Gasteiger partial charge in [0.2, 0.25) is 10.0 Å². The molecule has 0 spiro atoms. The van der Waals surface area contributed by atoms with Crippen LogP contribution in [0.4, 0.5) is 0 Å². The summed E-state index contributed by atoms with van der Waals surface area (Å²) >= 11 is 0. The Labute approximate surface area is 108 Å². The van der Waals surface area contributed by atoms with Gasteiger partial charge >= 0.3 is 0 Å². The molecule has 0 bridgehead atoms. The molecule has 1 aliphatic carbocycles. The Hall–Kier alpha value is -1.17. The maximum absolute atomic E-state index is 12.4. The summed E-state index contributed by atoms with van der Waals surface area (Å²) in [5.41, 5.74) is 0.704. The van der Waals surface area contributed by atoms with Crippen LogP contribution in [0, 0.1) is 0 Å². The highest BCUT2D eigenvalue weighted by molar-refractivity contribution is 7.89. The largest absolute Gasteiger partial charge is 0.392 e. The second kappa shape index (κ2) is 5.22. The van der Waals surface area contributed by atoms with Crippen LogP contribution in [0.3, 0.4) is 0 Å². The summed E-state index contributed by atoms with van der Waals surface area (Å²) in [6.07, 6.45) is 3.45. The van der Waals surface area contributed by atoms with Crippen LogP contribution in [0.1, 0.15) is 18.4 Å². The van der Waals surface area contributed by atoms with Crippen LogP contribution < -0.4 is 0 Å². The van der Waals surface area contributed by atoms with E-state index >= 15 is 0 Å². The Morgan fingerprint density at radius 3 is 2.39 bits per heavy atom. The van der Waals surface area contributed by atoms with Crippen molar-refractivity contribution in [3.63, 3.8) is 0 Å². The SMILES string of the molecule is C=CCN(C1CC1)S(=O)(=O)c1ccc(CO)cc1. The lowest BCUT2D eigenvalue weighted by Gasteiger charge is -2.20. The van der Waals surface area contributed by atoms with E-state index in [2.05, 4.69) is 6.58 Å². The van der Waals surface area contributed by atoms with Crippen molar-refractivity contribution in [2.75, 3.05) is 6.54 Å². The van der Waals surface area contributed by atoms with Crippen LogP contribution in [0.15, 0.2) is 41.8 Å². The topological polar surface area (TPSA) is 57.6 Å². The highest BCUT2D eigenvalue weighted by Crippen LogP contribution is 2.31. The molecule has 0 heterocycles. The number of aliphatic hydroxyl groups is 1. The van der Waals surface area contributed by atoms with Gasteiger partial charge in [-0.05, 0) is 30.5 Å². The summed E-state index contributed by atoms with van der Waals surface area (Å²) in [6.45, 7) is 3.86. The van der Waals surface area contributed by atoms with Crippen LogP contribution in [0.5, 0.6) is 0 Å². The summed E-state index contributed by atoms with van der Waals surface area (Å²) in [4.78, 5) is 0.272. The van der Waals surface area contributed by atoms with E-state index in [0.717, 1.165) is 12.8 Å². The molecule has 1 aromatic carbocycles. The van der Waals surface area contributed by atoms with Crippen LogP contribution in [-0.4, -0.2) is 30.4 Å². The van der Waals surface area contributed by atoms with Gasteiger partial charge in [0, 0.05) is 12.6 Å². The first kappa shape index (κ1) is 13.3. The van der Waals surface area contributed by atoms with Crippen molar-refractivity contribution >= 4 is 10.0 Å². The van der Waals surface area contributed by atoms with Gasteiger partial charge in [0.1, 0.15) is 0 Å². The Morgan fingerprint density at radius 1 is 1.33 bits per heavy atom. The molecule has 0 unspecified atom stereocenters. The van der Waals surface area contributed by atoms with E-state index in [0.29, 0.717) is 12.1 Å². The number of aliphatic hydroxyl groups excluding tert-OH is 1. The third kappa shape index (κ3) is 2.63. The average Bonchev–Trinajstić information content (AvgIpc) is 3.20. The Bertz CT molecular complexity index is 518. The first-order valence-electron chi connectivity index (χ1n) is 5.92. The number of sulfonamides is 1. The molecule has 1 N–H and O–H groups in total. The lowest BCUT2D eigenvalue weighted by molar-refractivity contribution is 0.281. The van der Waals surface area contributed by atoms with E-state index < -0.39 is 10.0 Å². The maximum Gasteiger partial charge on any atom is 0.243 e. The van der Waals surface area contributed by atoms with E-state index in [9.17, 15) is 8.42 Å². The quantitative estimate of drug-likeness (QED) is 0.795. The van der Waals surface area contributed by atoms with Crippen LogP contribution in [0.2, 0.25) is 0 Å². The molecule has 18 heavy (non-hydrogen) atoms. The minimum Gasteiger partial charge on any atom is -0.392 e. The van der Waals surface area contributed by atoms with Crippen LogP contribution in [-0.2, 0) is 16.6 Å². The van der Waals surface area contributed by atoms with Crippen LogP contribution in [0.25, 0.3) is 0 Å². The van der Waals surface area contributed by atoms with Gasteiger partial charge in [-0.3, -0.25) is 0 Å². The predicted molar refractivity (Wildman–Crippen MR) is 69.5 cm³/mol. The van der Waals surface area contributed by atoms with E-state index in [-0.39, 0.29) is 17.5 Å². The normalized spacial score (nSPS) is 15.9. The monoisotopic (exact) mass is 267 g/mol. The predicted octanol–water partition coefficient (Wildman–Crippen LogP) is 1.52. The molecule has 98 valence electrons. The van der Waals surface area contributed by atoms with Gasteiger partial charge < -0.3 is 5.11 Å². The molecular weight excluding hydrogens is 250 g/mol. The summed E-state index contributed by atoms with van der Waals surface area (Å²) < 4.78 is 26.3. The van der Waals surface area contributed by atoms with E-state index in [1.54, 1.807) is 30.3 Å². The lowest BCUT2D eigenvalue weighted by atomic mass is 10.2. The van der Waals surface area contributed by atoms with Gasteiger partial charge in [-0.1, -0.05) is 18.2 Å². The van der Waals surface area contributed by atoms with Crippen molar-refractivity contribution in [2.45, 2.75) is 30.4 Å². The van der Waals surface area contributed by atoms with E-state index in [1.165, 1.54) is 4.31 Å². The van der Waals surface area contributed by atoms with E-state index in [4.69, 9.17) is 5.11 Å². The van der Waals surface area contributed by atoms with Crippen molar-refractivity contribution in [2.24, 2.45) is 0 Å². The molecule has 0 amide bonds. The van der Waals surface area contributed by atoms with Crippen molar-refractivity contribution < 1.29 is 13.5 Å². The van der Waals surface area contributed by atoms with Crippen molar-refractivity contribution in [3.8, 4) is 0 Å². The molecule has 1 aromatic rings. The number of nitrogens with zero attached hydrogens (tertiary/aromatic N) is 1. The molecule has 0 radical (unpaired) electrons. The summed E-state index contributed by atoms with van der Waals surface area (Å²) in [5, 5.41) is 8.95. The van der Waals surface area contributed by atoms with Gasteiger partial charge in [-0.25, -0.2) is 8.42 Å². The molecule has 1 aliphatic rings. The molecule has 1 fully saturated rings. The molecule has 0 atom stereocenters. The number of benzene rings is 1. The van der Waals surface area contributed by atoms with Gasteiger partial charge in [0.15, 0.2) is 0 Å². The first-order valence-corrected chi connectivity index (χ1v) is 7.36. The minimum atomic E-state index is -3.44. The molecule has 5 heteroatoms. The maximum atomic E-state index is 12.4.